The van der Waals surface area contributed by atoms with E-state index in [2.05, 4.69) is 31.2 Å². The molecule has 0 aromatic heterocycles. The quantitative estimate of drug-likeness (QED) is 0.427. The van der Waals surface area contributed by atoms with Gasteiger partial charge < -0.3 is 0 Å². The zero-order chi connectivity index (χ0) is 5.98. The summed E-state index contributed by atoms with van der Waals surface area (Å²) in [5.41, 5.74) is 2.87. The van der Waals surface area contributed by atoms with Crippen molar-refractivity contribution in [2.24, 2.45) is 0 Å². The SMILES string of the molecule is SN1CCCN(S)N1. The molecule has 0 bridgehead atoms. The highest BCUT2D eigenvalue weighted by molar-refractivity contribution is 7.78. The molecule has 1 saturated heterocycles. The van der Waals surface area contributed by atoms with Crippen LogP contribution in [0.5, 0.6) is 0 Å². The topological polar surface area (TPSA) is 18.5 Å². The molecule has 0 aromatic carbocycles. The van der Waals surface area contributed by atoms with E-state index in [0.29, 0.717) is 0 Å². The highest BCUT2D eigenvalue weighted by Crippen LogP contribution is 2.02. The van der Waals surface area contributed by atoms with Gasteiger partial charge in [-0.3, -0.25) is 0 Å². The van der Waals surface area contributed by atoms with Gasteiger partial charge in [0.1, 0.15) is 0 Å². The fourth-order valence-electron chi connectivity index (χ4n) is 0.603. The molecular formula is C3H9N3S2. The Labute approximate surface area is 60.1 Å². The predicted molar refractivity (Wildman–Crippen MR) is 39.1 cm³/mol. The second-order valence-electron chi connectivity index (χ2n) is 1.70. The average Bonchev–Trinajstić information content (AvgIpc) is 1.64. The van der Waals surface area contributed by atoms with Gasteiger partial charge in [0, 0.05) is 13.1 Å². The summed E-state index contributed by atoms with van der Waals surface area (Å²) < 4.78 is 3.41. The number of hydrogen-bond donors (Lipinski definition) is 3. The summed E-state index contributed by atoms with van der Waals surface area (Å²) in [7, 11) is 0. The normalized spacial score (nSPS) is 26.2. The highest BCUT2D eigenvalue weighted by Gasteiger charge is 2.09. The van der Waals surface area contributed by atoms with E-state index in [1.807, 2.05) is 0 Å². The van der Waals surface area contributed by atoms with Crippen molar-refractivity contribution in [2.45, 2.75) is 6.42 Å². The molecule has 0 radical (unpaired) electrons. The molecule has 3 nitrogen and oxygen atoms in total. The van der Waals surface area contributed by atoms with Crippen LogP contribution in [-0.2, 0) is 0 Å². The maximum atomic E-state index is 4.05. The van der Waals surface area contributed by atoms with Crippen LogP contribution < -0.4 is 5.53 Å². The van der Waals surface area contributed by atoms with Gasteiger partial charge in [-0.15, -0.1) is 0 Å². The van der Waals surface area contributed by atoms with E-state index < -0.39 is 0 Å². The van der Waals surface area contributed by atoms with Crippen LogP contribution in [0.15, 0.2) is 0 Å². The van der Waals surface area contributed by atoms with Crippen LogP contribution in [0, 0.1) is 0 Å². The fraction of sp³-hybridized carbons (Fsp3) is 1.00. The number of nitrogens with zero attached hydrogens (tertiary/aromatic N) is 2. The Bertz CT molecular complexity index is 70.9. The van der Waals surface area contributed by atoms with E-state index in [4.69, 9.17) is 0 Å². The third-order valence-electron chi connectivity index (χ3n) is 0.971. The zero-order valence-corrected chi connectivity index (χ0v) is 6.20. The molecule has 48 valence electrons. The van der Waals surface area contributed by atoms with Crippen molar-refractivity contribution in [2.75, 3.05) is 13.1 Å². The van der Waals surface area contributed by atoms with Crippen molar-refractivity contribution in [3.63, 3.8) is 0 Å². The van der Waals surface area contributed by atoms with Gasteiger partial charge in [0.15, 0.2) is 0 Å². The van der Waals surface area contributed by atoms with Crippen molar-refractivity contribution >= 4 is 25.6 Å². The van der Waals surface area contributed by atoms with Crippen LogP contribution in [0.2, 0.25) is 0 Å². The molecule has 1 fully saturated rings. The lowest BCUT2D eigenvalue weighted by atomic mass is 10.4. The maximum Gasteiger partial charge on any atom is 0.0269 e. The van der Waals surface area contributed by atoms with E-state index in [1.54, 1.807) is 8.83 Å². The molecule has 1 rings (SSSR count). The fourth-order valence-corrected chi connectivity index (χ4v) is 1.17. The van der Waals surface area contributed by atoms with E-state index in [0.717, 1.165) is 19.5 Å². The number of hydrogen-bond acceptors (Lipinski definition) is 5. The molecule has 1 aliphatic rings. The summed E-state index contributed by atoms with van der Waals surface area (Å²) in [5.74, 6) is 0. The largest absolute Gasteiger partial charge is 0.176 e. The Morgan fingerprint density at radius 2 is 1.62 bits per heavy atom. The molecule has 1 heterocycles. The third kappa shape index (κ3) is 1.83. The molecule has 0 spiro atoms. The van der Waals surface area contributed by atoms with Gasteiger partial charge in [-0.2, -0.15) is 14.4 Å². The number of rotatable bonds is 0. The van der Waals surface area contributed by atoms with Crippen LogP contribution in [0.3, 0.4) is 0 Å². The number of nitrogens with one attached hydrogen (secondary N) is 1. The molecule has 5 heteroatoms. The van der Waals surface area contributed by atoms with Crippen LogP contribution in [0.25, 0.3) is 0 Å². The van der Waals surface area contributed by atoms with Crippen molar-refractivity contribution in [3.8, 4) is 0 Å². The van der Waals surface area contributed by atoms with E-state index in [9.17, 15) is 0 Å². The lowest BCUT2D eigenvalue weighted by Crippen LogP contribution is -2.46. The molecule has 1 N–H and O–H groups in total. The lowest BCUT2D eigenvalue weighted by molar-refractivity contribution is 0.149. The van der Waals surface area contributed by atoms with Gasteiger partial charge in [0.2, 0.25) is 0 Å². The molecule has 0 atom stereocenters. The van der Waals surface area contributed by atoms with Crippen molar-refractivity contribution < 1.29 is 0 Å². The second-order valence-corrected chi connectivity index (χ2v) is 2.67. The van der Waals surface area contributed by atoms with E-state index in [-0.39, 0.29) is 0 Å². The Kier molecular flexibility index (Phi) is 2.45. The standard InChI is InChI=1S/C3H9N3S2/c7-5-2-1-3-6(8)4-5/h4,7-8H,1-3H2. The van der Waals surface area contributed by atoms with Crippen LogP contribution in [0.1, 0.15) is 6.42 Å². The van der Waals surface area contributed by atoms with Crippen molar-refractivity contribution in [3.05, 3.63) is 0 Å². The molecular weight excluding hydrogens is 142 g/mol. The van der Waals surface area contributed by atoms with Gasteiger partial charge >= 0.3 is 0 Å². The molecule has 0 saturated carbocycles. The Morgan fingerprint density at radius 3 is 1.88 bits per heavy atom. The molecule has 0 amide bonds. The van der Waals surface area contributed by atoms with Gasteiger partial charge in [-0.25, -0.2) is 0 Å². The Balaban J connectivity index is 2.23. The van der Waals surface area contributed by atoms with Gasteiger partial charge in [0.05, 0.1) is 0 Å². The van der Waals surface area contributed by atoms with E-state index >= 15 is 0 Å². The third-order valence-corrected chi connectivity index (χ3v) is 1.55. The average molecular weight is 151 g/mol. The highest BCUT2D eigenvalue weighted by atomic mass is 32.1. The number of thiol groups is 2. The summed E-state index contributed by atoms with van der Waals surface area (Å²) in [5, 5.41) is 0. The summed E-state index contributed by atoms with van der Waals surface area (Å²) in [6.45, 7) is 1.94. The van der Waals surface area contributed by atoms with Gasteiger partial charge in [-0.05, 0) is 6.42 Å². The zero-order valence-electron chi connectivity index (χ0n) is 4.41. The Morgan fingerprint density at radius 1 is 1.12 bits per heavy atom. The monoisotopic (exact) mass is 151 g/mol. The molecule has 0 aromatic rings. The Hall–Kier alpha value is 0.580. The lowest BCUT2D eigenvalue weighted by Gasteiger charge is -2.28. The van der Waals surface area contributed by atoms with E-state index in [1.165, 1.54) is 0 Å². The molecule has 1 aliphatic heterocycles. The van der Waals surface area contributed by atoms with Gasteiger partial charge in [0.25, 0.3) is 0 Å². The minimum Gasteiger partial charge on any atom is -0.176 e. The number of hydrazine groups is 2. The van der Waals surface area contributed by atoms with Crippen molar-refractivity contribution in [1.82, 2.24) is 14.4 Å². The first kappa shape index (κ1) is 6.70. The first-order valence-electron chi connectivity index (χ1n) is 2.48. The minimum atomic E-state index is 0.972. The summed E-state index contributed by atoms with van der Waals surface area (Å²) in [6.07, 6.45) is 1.11. The first-order chi connectivity index (χ1) is 3.79. The second kappa shape index (κ2) is 2.93. The van der Waals surface area contributed by atoms with Gasteiger partial charge in [-0.1, -0.05) is 25.6 Å². The van der Waals surface area contributed by atoms with Crippen LogP contribution >= 0.6 is 25.6 Å². The molecule has 0 unspecified atom stereocenters. The summed E-state index contributed by atoms with van der Waals surface area (Å²) in [6, 6.07) is 0. The minimum absolute atomic E-state index is 0.972. The van der Waals surface area contributed by atoms with Crippen LogP contribution in [-0.4, -0.2) is 21.9 Å². The first-order valence-corrected chi connectivity index (χ1v) is 3.28. The maximum absolute atomic E-state index is 4.05. The summed E-state index contributed by atoms with van der Waals surface area (Å²) in [4.78, 5) is 0. The smallest absolute Gasteiger partial charge is 0.0269 e. The van der Waals surface area contributed by atoms with Crippen molar-refractivity contribution in [1.29, 1.82) is 0 Å². The molecule has 0 aliphatic carbocycles. The predicted octanol–water partition coefficient (Wildman–Crippen LogP) is 0.103. The molecule has 8 heavy (non-hydrogen) atoms. The summed E-state index contributed by atoms with van der Waals surface area (Å²) >= 11 is 8.10. The van der Waals surface area contributed by atoms with Crippen LogP contribution in [0.4, 0.5) is 0 Å².